The Morgan fingerprint density at radius 3 is 2.63 bits per heavy atom. The van der Waals surface area contributed by atoms with Crippen molar-refractivity contribution in [3.05, 3.63) is 86.3 Å². The van der Waals surface area contributed by atoms with Crippen molar-refractivity contribution >= 4 is 22.8 Å². The van der Waals surface area contributed by atoms with E-state index in [-0.39, 0.29) is 6.54 Å². The molecule has 1 aliphatic heterocycles. The number of hydrogen-bond acceptors (Lipinski definition) is 4. The maximum Gasteiger partial charge on any atom is 0.332 e. The van der Waals surface area contributed by atoms with Crippen LogP contribution in [0.2, 0.25) is 0 Å². The number of halogens is 1. The van der Waals surface area contributed by atoms with Crippen molar-refractivity contribution in [1.29, 1.82) is 0 Å². The third-order valence-electron chi connectivity index (χ3n) is 5.60. The van der Waals surface area contributed by atoms with Crippen LogP contribution >= 0.6 is 0 Å². The molecule has 0 atom stereocenters. The maximum absolute atomic E-state index is 14.1. The molecule has 2 aromatic carbocycles. The zero-order chi connectivity index (χ0) is 21.0. The lowest BCUT2D eigenvalue weighted by Gasteiger charge is -2.16. The quantitative estimate of drug-likeness (QED) is 0.526. The number of aryl methyl sites for hydroxylation is 2. The van der Waals surface area contributed by atoms with Gasteiger partial charge in [-0.2, -0.15) is 4.98 Å². The van der Waals surface area contributed by atoms with E-state index in [9.17, 15) is 14.0 Å². The van der Waals surface area contributed by atoms with Crippen LogP contribution in [0.1, 0.15) is 11.1 Å². The average molecular weight is 405 g/mol. The third kappa shape index (κ3) is 2.67. The highest BCUT2D eigenvalue weighted by Crippen LogP contribution is 2.31. The first-order chi connectivity index (χ1) is 14.5. The van der Waals surface area contributed by atoms with Gasteiger partial charge in [-0.3, -0.25) is 13.9 Å². The zero-order valence-electron chi connectivity index (χ0n) is 16.7. The van der Waals surface area contributed by atoms with Crippen LogP contribution in [0.3, 0.4) is 0 Å². The smallest absolute Gasteiger partial charge is 0.310 e. The fourth-order valence-corrected chi connectivity index (χ4v) is 4.05. The van der Waals surface area contributed by atoms with E-state index in [2.05, 4.69) is 11.1 Å². The molecule has 7 nitrogen and oxygen atoms in total. The molecule has 0 fully saturated rings. The van der Waals surface area contributed by atoms with E-state index in [1.165, 1.54) is 10.6 Å². The molecule has 8 heteroatoms. The minimum Gasteiger partial charge on any atom is -0.310 e. The molecule has 0 saturated heterocycles. The lowest BCUT2D eigenvalue weighted by molar-refractivity contribution is 0.582. The van der Waals surface area contributed by atoms with E-state index in [0.717, 1.165) is 15.8 Å². The summed E-state index contributed by atoms with van der Waals surface area (Å²) in [6.07, 6.45) is 0. The first-order valence-electron chi connectivity index (χ1n) is 9.73. The van der Waals surface area contributed by atoms with Crippen LogP contribution in [0, 0.1) is 12.7 Å². The number of nitrogens with zero attached hydrogens (tertiary/aromatic N) is 5. The fraction of sp³-hybridized carbons (Fsp3) is 0.227. The van der Waals surface area contributed by atoms with Crippen LogP contribution < -0.4 is 16.1 Å². The molecular weight excluding hydrogens is 385 g/mol. The van der Waals surface area contributed by atoms with Crippen molar-refractivity contribution in [2.24, 2.45) is 7.05 Å². The van der Waals surface area contributed by atoms with Gasteiger partial charge in [0.1, 0.15) is 5.82 Å². The van der Waals surface area contributed by atoms with Gasteiger partial charge in [0.2, 0.25) is 5.95 Å². The normalized spacial score (nSPS) is 13.2. The molecule has 2 aromatic heterocycles. The van der Waals surface area contributed by atoms with Gasteiger partial charge in [-0.05, 0) is 30.7 Å². The van der Waals surface area contributed by atoms with E-state index in [1.807, 2.05) is 34.6 Å². The van der Waals surface area contributed by atoms with E-state index >= 15 is 0 Å². The Kier molecular flexibility index (Phi) is 4.09. The molecule has 1 aliphatic rings. The van der Waals surface area contributed by atoms with E-state index < -0.39 is 17.1 Å². The molecule has 0 bridgehead atoms. The third-order valence-corrected chi connectivity index (χ3v) is 5.60. The van der Waals surface area contributed by atoms with Crippen LogP contribution in [-0.4, -0.2) is 25.2 Å². The Balaban J connectivity index is 1.70. The Hall–Kier alpha value is -3.68. The maximum atomic E-state index is 14.1. The van der Waals surface area contributed by atoms with Gasteiger partial charge in [-0.1, -0.05) is 30.3 Å². The lowest BCUT2D eigenvalue weighted by Crippen LogP contribution is -2.40. The Morgan fingerprint density at radius 1 is 1.07 bits per heavy atom. The van der Waals surface area contributed by atoms with Crippen molar-refractivity contribution in [2.75, 3.05) is 11.4 Å². The molecule has 0 saturated carbocycles. The van der Waals surface area contributed by atoms with E-state index in [0.29, 0.717) is 35.8 Å². The molecule has 0 spiro atoms. The number of imidazole rings is 1. The molecule has 0 N–H and O–H groups in total. The largest absolute Gasteiger partial charge is 0.332 e. The van der Waals surface area contributed by atoms with Crippen molar-refractivity contribution in [1.82, 2.24) is 18.7 Å². The molecule has 4 aromatic rings. The Bertz CT molecular complexity index is 1420. The Labute approximate surface area is 171 Å². The summed E-state index contributed by atoms with van der Waals surface area (Å²) in [4.78, 5) is 32.8. The number of aromatic nitrogens is 4. The van der Waals surface area contributed by atoms with Gasteiger partial charge in [0.05, 0.1) is 6.54 Å². The number of rotatable bonds is 3. The van der Waals surface area contributed by atoms with Gasteiger partial charge >= 0.3 is 5.69 Å². The highest BCUT2D eigenvalue weighted by atomic mass is 19.1. The topological polar surface area (TPSA) is 65.1 Å². The monoisotopic (exact) mass is 405 g/mol. The van der Waals surface area contributed by atoms with Crippen LogP contribution in [0.15, 0.2) is 58.1 Å². The highest BCUT2D eigenvalue weighted by Gasteiger charge is 2.28. The molecule has 0 unspecified atom stereocenters. The van der Waals surface area contributed by atoms with E-state index in [1.54, 1.807) is 25.2 Å². The number of benzene rings is 2. The summed E-state index contributed by atoms with van der Waals surface area (Å²) in [6, 6.07) is 14.2. The standard InChI is InChI=1S/C22H20FN5O2/c1-14-6-5-8-16(12-14)26-10-11-27-18-19(24-21(26)27)25(2)22(30)28(20(18)29)13-15-7-3-4-9-17(15)23/h3-9,12H,10-11,13H2,1-2H3. The predicted octanol–water partition coefficient (Wildman–Crippen LogP) is 2.54. The van der Waals surface area contributed by atoms with Gasteiger partial charge in [0.25, 0.3) is 5.56 Å². The summed E-state index contributed by atoms with van der Waals surface area (Å²) in [5.74, 6) is 0.182. The molecule has 30 heavy (non-hydrogen) atoms. The zero-order valence-corrected chi connectivity index (χ0v) is 16.7. The van der Waals surface area contributed by atoms with Crippen molar-refractivity contribution in [3.63, 3.8) is 0 Å². The number of anilines is 2. The molecule has 152 valence electrons. The molecule has 0 amide bonds. The highest BCUT2D eigenvalue weighted by molar-refractivity contribution is 5.77. The number of fused-ring (bicyclic) bond motifs is 3. The van der Waals surface area contributed by atoms with E-state index in [4.69, 9.17) is 0 Å². The number of hydrogen-bond donors (Lipinski definition) is 0. The lowest BCUT2D eigenvalue weighted by atomic mass is 10.2. The second kappa shape index (κ2) is 6.69. The van der Waals surface area contributed by atoms with Crippen molar-refractivity contribution in [2.45, 2.75) is 20.0 Å². The van der Waals surface area contributed by atoms with Crippen LogP contribution in [0.25, 0.3) is 11.2 Å². The first kappa shape index (κ1) is 18.4. The molecular formula is C22H20FN5O2. The molecule has 5 rings (SSSR count). The predicted molar refractivity (Wildman–Crippen MR) is 113 cm³/mol. The second-order valence-electron chi connectivity index (χ2n) is 7.55. The minimum atomic E-state index is -0.519. The van der Waals surface area contributed by atoms with Crippen LogP contribution in [0.5, 0.6) is 0 Å². The SMILES string of the molecule is Cc1cccc(N2CCn3c2nc2c3c(=O)n(Cc3ccccc3F)c(=O)n2C)c1. The van der Waals surface area contributed by atoms with Crippen LogP contribution in [0.4, 0.5) is 16.0 Å². The minimum absolute atomic E-state index is 0.129. The summed E-state index contributed by atoms with van der Waals surface area (Å²) >= 11 is 0. The molecule has 3 heterocycles. The van der Waals surface area contributed by atoms with Crippen molar-refractivity contribution in [3.8, 4) is 0 Å². The Morgan fingerprint density at radius 2 is 1.87 bits per heavy atom. The van der Waals surface area contributed by atoms with Gasteiger partial charge in [-0.25, -0.2) is 9.18 Å². The molecule has 0 aliphatic carbocycles. The van der Waals surface area contributed by atoms with Crippen molar-refractivity contribution < 1.29 is 4.39 Å². The van der Waals surface area contributed by atoms with Gasteiger partial charge < -0.3 is 9.47 Å². The summed E-state index contributed by atoms with van der Waals surface area (Å²) in [5.41, 5.74) is 2.12. The van der Waals surface area contributed by atoms with Crippen LogP contribution in [-0.2, 0) is 20.1 Å². The summed E-state index contributed by atoms with van der Waals surface area (Å²) < 4.78 is 18.4. The van der Waals surface area contributed by atoms with Gasteiger partial charge in [0.15, 0.2) is 11.2 Å². The fourth-order valence-electron chi connectivity index (χ4n) is 4.05. The van der Waals surface area contributed by atoms with Gasteiger partial charge in [0, 0.05) is 31.4 Å². The summed E-state index contributed by atoms with van der Waals surface area (Å²) in [5, 5.41) is 0. The molecule has 0 radical (unpaired) electrons. The summed E-state index contributed by atoms with van der Waals surface area (Å²) in [6.45, 7) is 3.15. The van der Waals surface area contributed by atoms with Gasteiger partial charge in [-0.15, -0.1) is 0 Å². The second-order valence-corrected chi connectivity index (χ2v) is 7.55. The first-order valence-corrected chi connectivity index (χ1v) is 9.73. The average Bonchev–Trinajstić information content (AvgIpc) is 3.30. The summed E-state index contributed by atoms with van der Waals surface area (Å²) in [7, 11) is 1.59.